The minimum atomic E-state index is 0.572. The fourth-order valence-electron chi connectivity index (χ4n) is 1.89. The van der Waals surface area contributed by atoms with Crippen LogP contribution in [0.25, 0.3) is 0 Å². The third kappa shape index (κ3) is 3.13. The van der Waals surface area contributed by atoms with E-state index >= 15 is 0 Å². The number of aromatic hydroxyl groups is 2. The van der Waals surface area contributed by atoms with Crippen molar-refractivity contribution in [1.82, 2.24) is 0 Å². The lowest BCUT2D eigenvalue weighted by atomic mass is 10.0. The molecule has 0 fully saturated rings. The summed E-state index contributed by atoms with van der Waals surface area (Å²) in [6, 6.07) is 16.9. The summed E-state index contributed by atoms with van der Waals surface area (Å²) in [4.78, 5) is 0. The molecule has 1 N–H and O–H groups in total. The van der Waals surface area contributed by atoms with Crippen molar-refractivity contribution in [2.45, 2.75) is 33.1 Å². The highest BCUT2D eigenvalue weighted by Gasteiger charge is 2.04. The van der Waals surface area contributed by atoms with Crippen LogP contribution in [-0.4, -0.2) is 4.74 Å². The van der Waals surface area contributed by atoms with E-state index in [1.807, 2.05) is 0 Å². The smallest absolute Gasteiger partial charge is 0.260 e. The maximum atomic E-state index is 4.62. The molecule has 0 bridgehead atoms. The molecule has 0 radical (unpaired) electrons. The Hall–Kier alpha value is -1.76. The lowest BCUT2D eigenvalue weighted by Crippen LogP contribution is -1.87. The van der Waals surface area contributed by atoms with Gasteiger partial charge in [0.15, 0.2) is 0 Å². The molecule has 0 saturated carbocycles. The zero-order chi connectivity index (χ0) is 13.0. The first-order chi connectivity index (χ1) is 8.69. The van der Waals surface area contributed by atoms with E-state index in [4.69, 9.17) is 0 Å². The maximum absolute atomic E-state index is 4.62. The first kappa shape index (κ1) is 12.7. The predicted octanol–water partition coefficient (Wildman–Crippen LogP) is 5.03. The Balaban J connectivity index is 2.08. The molecule has 1 nitrogen and oxygen atoms in total. The molecule has 94 valence electrons. The number of benzene rings is 2. The minimum absolute atomic E-state index is 0.572. The first-order valence-corrected chi connectivity index (χ1v) is 6.59. The molecular formula is C17H21O+. The minimum Gasteiger partial charge on any atom is -0.546 e. The van der Waals surface area contributed by atoms with E-state index in [2.05, 4.69) is 74.0 Å². The second-order valence-electron chi connectivity index (χ2n) is 4.88. The van der Waals surface area contributed by atoms with Crippen molar-refractivity contribution in [2.24, 2.45) is 0 Å². The van der Waals surface area contributed by atoms with Gasteiger partial charge in [-0.2, -0.15) is 0 Å². The third-order valence-electron chi connectivity index (χ3n) is 3.16. The lowest BCUT2D eigenvalue weighted by Gasteiger charge is -2.06. The van der Waals surface area contributed by atoms with Gasteiger partial charge in [-0.15, -0.1) is 0 Å². The van der Waals surface area contributed by atoms with E-state index in [1.165, 1.54) is 11.1 Å². The number of hydrogen-bond donors (Lipinski definition) is 0. The molecule has 0 spiro atoms. The highest BCUT2D eigenvalue weighted by molar-refractivity contribution is 5.33. The van der Waals surface area contributed by atoms with Crippen LogP contribution in [-0.2, 0) is 6.42 Å². The normalized spacial score (nSPS) is 10.7. The van der Waals surface area contributed by atoms with Crippen LogP contribution in [0.1, 0.15) is 37.8 Å². The van der Waals surface area contributed by atoms with Gasteiger partial charge in [0.2, 0.25) is 0 Å². The van der Waals surface area contributed by atoms with Crippen LogP contribution in [0.15, 0.2) is 48.5 Å². The average Bonchev–Trinajstić information content (AvgIpc) is 2.40. The summed E-state index contributed by atoms with van der Waals surface area (Å²) in [5, 5.41) is 0. The van der Waals surface area contributed by atoms with Crippen LogP contribution < -0.4 is 0 Å². The van der Waals surface area contributed by atoms with Crippen molar-refractivity contribution in [3.05, 3.63) is 59.7 Å². The van der Waals surface area contributed by atoms with E-state index in [1.54, 1.807) is 0 Å². The van der Waals surface area contributed by atoms with Gasteiger partial charge in [0.05, 0.1) is 0 Å². The first-order valence-electron chi connectivity index (χ1n) is 6.59. The molecule has 0 aromatic heterocycles. The second kappa shape index (κ2) is 5.72. The summed E-state index contributed by atoms with van der Waals surface area (Å²) in [5.41, 5.74) is 2.71. The van der Waals surface area contributed by atoms with Gasteiger partial charge in [0, 0.05) is 24.3 Å². The van der Waals surface area contributed by atoms with Crippen LogP contribution in [0.3, 0.4) is 0 Å². The Labute approximate surface area is 109 Å². The van der Waals surface area contributed by atoms with Gasteiger partial charge in [-0.05, 0) is 47.7 Å². The lowest BCUT2D eigenvalue weighted by molar-refractivity contribution is 0.198. The van der Waals surface area contributed by atoms with E-state index < -0.39 is 0 Å². The van der Waals surface area contributed by atoms with E-state index in [-0.39, 0.29) is 0 Å². The molecule has 0 aliphatic rings. The van der Waals surface area contributed by atoms with Crippen molar-refractivity contribution in [1.29, 1.82) is 0 Å². The van der Waals surface area contributed by atoms with Gasteiger partial charge in [0.1, 0.15) is 0 Å². The zero-order valence-corrected chi connectivity index (χ0v) is 11.4. The number of hydrogen-bond acceptors (Lipinski definition) is 0. The summed E-state index contributed by atoms with van der Waals surface area (Å²) in [6.45, 7) is 6.57. The Kier molecular flexibility index (Phi) is 4.03. The van der Waals surface area contributed by atoms with Crippen molar-refractivity contribution in [3.63, 3.8) is 0 Å². The molecular weight excluding hydrogens is 220 g/mol. The molecule has 0 unspecified atom stereocenters. The van der Waals surface area contributed by atoms with Crippen molar-refractivity contribution >= 4 is 0 Å². The molecule has 0 saturated heterocycles. The monoisotopic (exact) mass is 241 g/mol. The standard InChI is InChI=1S/C17H20O/c1-4-14-5-9-16(10-6-14)18-17-11-7-15(8-12-17)13(2)3/h5-13H,4H2,1-3H3/p+1. The van der Waals surface area contributed by atoms with Gasteiger partial charge in [0.25, 0.3) is 11.5 Å². The molecule has 2 aromatic carbocycles. The van der Waals surface area contributed by atoms with Crippen LogP contribution in [0, 0.1) is 0 Å². The van der Waals surface area contributed by atoms with E-state index in [0.29, 0.717) is 5.92 Å². The summed E-state index contributed by atoms with van der Waals surface area (Å²) >= 11 is 0. The molecule has 0 atom stereocenters. The molecule has 2 aromatic rings. The van der Waals surface area contributed by atoms with Crippen LogP contribution in [0.4, 0.5) is 0 Å². The van der Waals surface area contributed by atoms with Gasteiger partial charge in [-0.3, -0.25) is 0 Å². The van der Waals surface area contributed by atoms with Crippen LogP contribution in [0.5, 0.6) is 11.5 Å². The molecule has 0 aliphatic carbocycles. The summed E-state index contributed by atoms with van der Waals surface area (Å²) in [6.07, 6.45) is 1.07. The Morgan fingerprint density at radius 1 is 0.833 bits per heavy atom. The fraction of sp³-hybridized carbons (Fsp3) is 0.294. The Morgan fingerprint density at radius 3 is 1.78 bits per heavy atom. The predicted molar refractivity (Wildman–Crippen MR) is 77.5 cm³/mol. The average molecular weight is 241 g/mol. The highest BCUT2D eigenvalue weighted by Crippen LogP contribution is 2.25. The van der Waals surface area contributed by atoms with Gasteiger partial charge >= 0.3 is 0 Å². The summed E-state index contributed by atoms with van der Waals surface area (Å²) in [5.74, 6) is 2.61. The van der Waals surface area contributed by atoms with Gasteiger partial charge in [-0.1, -0.05) is 20.8 Å². The van der Waals surface area contributed by atoms with Crippen molar-refractivity contribution < 1.29 is 4.74 Å². The zero-order valence-electron chi connectivity index (χ0n) is 11.4. The maximum Gasteiger partial charge on any atom is 0.260 e. The molecule has 0 heterocycles. The summed E-state index contributed by atoms with van der Waals surface area (Å²) in [7, 11) is 0. The van der Waals surface area contributed by atoms with Crippen molar-refractivity contribution in [3.8, 4) is 11.5 Å². The van der Waals surface area contributed by atoms with Crippen LogP contribution >= 0.6 is 0 Å². The third-order valence-corrected chi connectivity index (χ3v) is 3.16. The Morgan fingerprint density at radius 2 is 1.33 bits per heavy atom. The number of rotatable bonds is 4. The molecule has 18 heavy (non-hydrogen) atoms. The van der Waals surface area contributed by atoms with Gasteiger partial charge < -0.3 is 4.74 Å². The largest absolute Gasteiger partial charge is 0.546 e. The molecule has 0 amide bonds. The Bertz CT molecular complexity index is 480. The topological polar surface area (TPSA) is 12.8 Å². The quantitative estimate of drug-likeness (QED) is 0.666. The van der Waals surface area contributed by atoms with E-state index in [0.717, 1.165) is 17.9 Å². The van der Waals surface area contributed by atoms with E-state index in [9.17, 15) is 0 Å². The number of ether oxygens (including phenoxy) is 1. The fourth-order valence-corrected chi connectivity index (χ4v) is 1.89. The molecule has 1 heteroatoms. The van der Waals surface area contributed by atoms with Crippen LogP contribution in [0.2, 0.25) is 0 Å². The van der Waals surface area contributed by atoms with Crippen molar-refractivity contribution in [2.75, 3.05) is 0 Å². The molecule has 0 aliphatic heterocycles. The SMILES string of the molecule is CCc1ccc([OH+]c2ccc(C(C)C)cc2)cc1. The molecule has 2 rings (SSSR count). The highest BCUT2D eigenvalue weighted by atomic mass is 16.5. The second-order valence-corrected chi connectivity index (χ2v) is 4.88. The summed E-state index contributed by atoms with van der Waals surface area (Å²) < 4.78 is 4.62. The van der Waals surface area contributed by atoms with Gasteiger partial charge in [-0.25, -0.2) is 0 Å². The number of aryl methyl sites for hydroxylation is 1.